The fourth-order valence-electron chi connectivity index (χ4n) is 3.52. The van der Waals surface area contributed by atoms with E-state index >= 15 is 0 Å². The number of amides is 1. The van der Waals surface area contributed by atoms with Gasteiger partial charge >= 0.3 is 0 Å². The number of methoxy groups -OCH3 is 1. The van der Waals surface area contributed by atoms with E-state index in [1.807, 2.05) is 6.08 Å². The minimum absolute atomic E-state index is 0.507. The number of hydrogen-bond acceptors (Lipinski definition) is 3. The highest BCUT2D eigenvalue weighted by Gasteiger charge is 2.14. The molecule has 0 saturated carbocycles. The Labute approximate surface area is 150 Å². The number of ether oxygens (including phenoxy) is 1. The summed E-state index contributed by atoms with van der Waals surface area (Å²) >= 11 is 0. The number of carbonyl (C=O) groups excluding carboxylic acids is 1. The number of nitrogens with one attached hydrogen (secondary N) is 1. The molecule has 1 aliphatic rings. The van der Waals surface area contributed by atoms with Gasteiger partial charge in [0.2, 0.25) is 6.41 Å². The summed E-state index contributed by atoms with van der Waals surface area (Å²) in [6.45, 7) is 6.38. The highest BCUT2D eigenvalue weighted by atomic mass is 16.5. The summed E-state index contributed by atoms with van der Waals surface area (Å²) in [5.41, 5.74) is 2.35. The second-order valence-corrected chi connectivity index (χ2v) is 6.40. The van der Waals surface area contributed by atoms with Crippen LogP contribution in [0.1, 0.15) is 38.2 Å². The van der Waals surface area contributed by atoms with Gasteiger partial charge in [0.1, 0.15) is 0 Å². The number of nitrogens with zero attached hydrogens (tertiary/aromatic N) is 2. The molecule has 1 amide bonds. The van der Waals surface area contributed by atoms with Crippen molar-refractivity contribution in [3.8, 4) is 12.3 Å². The molecule has 0 unspecified atom stereocenters. The van der Waals surface area contributed by atoms with Gasteiger partial charge in [-0.3, -0.25) is 4.79 Å². The maximum atomic E-state index is 10.8. The Bertz CT molecular complexity index is 721. The Balaban J connectivity index is 2.54. The lowest BCUT2D eigenvalue weighted by molar-refractivity contribution is -0.109. The van der Waals surface area contributed by atoms with E-state index in [1.54, 1.807) is 7.11 Å². The van der Waals surface area contributed by atoms with Crippen LogP contribution in [-0.2, 0) is 22.6 Å². The Morgan fingerprint density at radius 2 is 2.16 bits per heavy atom. The zero-order chi connectivity index (χ0) is 18.1. The van der Waals surface area contributed by atoms with Crippen molar-refractivity contribution in [1.29, 1.82) is 0 Å². The predicted octanol–water partition coefficient (Wildman–Crippen LogP) is 0.798. The molecule has 1 saturated heterocycles. The first kappa shape index (κ1) is 19.1. The highest BCUT2D eigenvalue weighted by molar-refractivity contribution is 5.51. The summed E-state index contributed by atoms with van der Waals surface area (Å²) in [7, 11) is 1.71. The van der Waals surface area contributed by atoms with Crippen LogP contribution in [0.3, 0.4) is 0 Å². The average Bonchev–Trinajstić information content (AvgIpc) is 2.98. The Morgan fingerprint density at radius 1 is 1.40 bits per heavy atom. The first-order chi connectivity index (χ1) is 12.2. The normalized spacial score (nSPS) is 16.5. The number of hydrogen-bond donors (Lipinski definition) is 1. The molecular formula is C20H29N3O2. The quantitative estimate of drug-likeness (QED) is 0.431. The molecule has 0 bridgehead atoms. The van der Waals surface area contributed by atoms with Crippen molar-refractivity contribution in [2.45, 2.75) is 45.7 Å². The zero-order valence-corrected chi connectivity index (χ0v) is 15.4. The number of aryl methyl sites for hydroxylation is 1. The van der Waals surface area contributed by atoms with Crippen LogP contribution in [0, 0.1) is 12.3 Å². The van der Waals surface area contributed by atoms with Gasteiger partial charge in [-0.05, 0) is 38.2 Å². The van der Waals surface area contributed by atoms with Gasteiger partial charge in [0.15, 0.2) is 0 Å². The van der Waals surface area contributed by atoms with Gasteiger partial charge in [0, 0.05) is 63.1 Å². The maximum Gasteiger partial charge on any atom is 0.207 e. The lowest BCUT2D eigenvalue weighted by atomic mass is 10.1. The molecule has 1 aromatic heterocycles. The number of likely N-dealkylation sites (tertiary alicyclic amines) is 1. The lowest BCUT2D eigenvalue weighted by Gasteiger charge is -2.29. The van der Waals surface area contributed by atoms with Crippen LogP contribution in [-0.4, -0.2) is 42.7 Å². The van der Waals surface area contributed by atoms with E-state index < -0.39 is 0 Å². The third-order valence-corrected chi connectivity index (χ3v) is 4.73. The maximum absolute atomic E-state index is 10.8. The molecular weight excluding hydrogens is 314 g/mol. The van der Waals surface area contributed by atoms with Crippen molar-refractivity contribution in [1.82, 2.24) is 14.8 Å². The summed E-state index contributed by atoms with van der Waals surface area (Å²) < 4.78 is 7.36. The molecule has 1 aromatic rings. The van der Waals surface area contributed by atoms with Crippen molar-refractivity contribution in [3.05, 3.63) is 22.3 Å². The minimum Gasteiger partial charge on any atom is -0.385 e. The first-order valence-electron chi connectivity index (χ1n) is 8.99. The van der Waals surface area contributed by atoms with Crippen LogP contribution >= 0.6 is 0 Å². The molecule has 25 heavy (non-hydrogen) atoms. The fraction of sp³-hybridized carbons (Fsp3) is 0.550. The average molecular weight is 343 g/mol. The van der Waals surface area contributed by atoms with Gasteiger partial charge in [-0.2, -0.15) is 0 Å². The van der Waals surface area contributed by atoms with Crippen LogP contribution < -0.4 is 15.9 Å². The highest BCUT2D eigenvalue weighted by Crippen LogP contribution is 2.14. The van der Waals surface area contributed by atoms with Crippen molar-refractivity contribution in [2.24, 2.45) is 0 Å². The summed E-state index contributed by atoms with van der Waals surface area (Å²) in [5, 5.41) is 5.00. The van der Waals surface area contributed by atoms with Crippen molar-refractivity contribution in [3.63, 3.8) is 0 Å². The van der Waals surface area contributed by atoms with E-state index in [1.165, 1.54) is 25.0 Å². The Kier molecular flexibility index (Phi) is 7.62. The van der Waals surface area contributed by atoms with E-state index in [0.29, 0.717) is 13.2 Å². The van der Waals surface area contributed by atoms with E-state index in [0.717, 1.165) is 48.6 Å². The SMILES string of the molecule is C#C/C=c1\c(=C(/C)N2CCCCC2)c(CNC=O)cn1CCCOC. The minimum atomic E-state index is 0.507. The molecule has 0 aliphatic carbocycles. The van der Waals surface area contributed by atoms with E-state index in [2.05, 4.69) is 33.8 Å². The Morgan fingerprint density at radius 3 is 2.80 bits per heavy atom. The van der Waals surface area contributed by atoms with Crippen LogP contribution in [0.2, 0.25) is 0 Å². The second kappa shape index (κ2) is 9.95. The number of aromatic nitrogens is 1. The standard InChI is InChI=1S/C20H29N3O2/c1-4-9-19-20(17(2)22-10-6-5-7-11-22)18(14-21-16-24)15-23(19)12-8-13-25-3/h1,9,15-16H,5-8,10-14H2,2-3H3,(H,21,24)/b19-9+,20-17+. The molecule has 0 radical (unpaired) electrons. The van der Waals surface area contributed by atoms with Gasteiger partial charge < -0.3 is 19.5 Å². The molecule has 0 spiro atoms. The summed E-state index contributed by atoms with van der Waals surface area (Å²) in [6.07, 6.45) is 14.9. The van der Waals surface area contributed by atoms with Crippen LogP contribution in [0.4, 0.5) is 0 Å². The summed E-state index contributed by atoms with van der Waals surface area (Å²) in [5.74, 6) is 2.68. The molecule has 2 rings (SSSR count). The van der Waals surface area contributed by atoms with Crippen molar-refractivity contribution in [2.75, 3.05) is 26.8 Å². The van der Waals surface area contributed by atoms with E-state index in [4.69, 9.17) is 11.2 Å². The molecule has 2 heterocycles. The second-order valence-electron chi connectivity index (χ2n) is 6.40. The molecule has 0 atom stereocenters. The summed E-state index contributed by atoms with van der Waals surface area (Å²) in [6, 6.07) is 0. The molecule has 1 fully saturated rings. The monoisotopic (exact) mass is 343 g/mol. The van der Waals surface area contributed by atoms with Gasteiger partial charge in [-0.15, -0.1) is 6.42 Å². The van der Waals surface area contributed by atoms with Crippen molar-refractivity contribution < 1.29 is 9.53 Å². The van der Waals surface area contributed by atoms with Gasteiger partial charge in [0.05, 0.1) is 5.35 Å². The van der Waals surface area contributed by atoms with E-state index in [9.17, 15) is 4.79 Å². The molecule has 5 heteroatoms. The third kappa shape index (κ3) is 4.90. The van der Waals surface area contributed by atoms with E-state index in [-0.39, 0.29) is 0 Å². The largest absolute Gasteiger partial charge is 0.385 e. The third-order valence-electron chi connectivity index (χ3n) is 4.73. The zero-order valence-electron chi connectivity index (χ0n) is 15.4. The van der Waals surface area contributed by atoms with Crippen LogP contribution in [0.15, 0.2) is 6.20 Å². The number of carbonyl (C=O) groups is 1. The molecule has 136 valence electrons. The van der Waals surface area contributed by atoms with Gasteiger partial charge in [-0.25, -0.2) is 0 Å². The fourth-order valence-corrected chi connectivity index (χ4v) is 3.52. The topological polar surface area (TPSA) is 46.5 Å². The first-order valence-corrected chi connectivity index (χ1v) is 8.99. The molecule has 5 nitrogen and oxygen atoms in total. The smallest absolute Gasteiger partial charge is 0.207 e. The molecule has 0 aromatic carbocycles. The number of rotatable bonds is 8. The van der Waals surface area contributed by atoms with Crippen LogP contribution in [0.5, 0.6) is 0 Å². The van der Waals surface area contributed by atoms with Crippen LogP contribution in [0.25, 0.3) is 11.8 Å². The molecule has 1 aliphatic heterocycles. The number of terminal acetylenes is 1. The predicted molar refractivity (Wildman–Crippen MR) is 101 cm³/mol. The summed E-state index contributed by atoms with van der Waals surface area (Å²) in [4.78, 5) is 13.2. The molecule has 1 N–H and O–H groups in total. The van der Waals surface area contributed by atoms with Gasteiger partial charge in [-0.1, -0.05) is 5.92 Å². The Hall–Kier alpha value is -2.19. The lowest BCUT2D eigenvalue weighted by Crippen LogP contribution is -2.39. The van der Waals surface area contributed by atoms with Gasteiger partial charge in [0.25, 0.3) is 0 Å². The van der Waals surface area contributed by atoms with Crippen molar-refractivity contribution >= 4 is 18.2 Å². The number of piperidine rings is 1.